The van der Waals surface area contributed by atoms with Crippen molar-refractivity contribution in [3.63, 3.8) is 0 Å². The van der Waals surface area contributed by atoms with Gasteiger partial charge in [0.25, 0.3) is 0 Å². The Morgan fingerprint density at radius 1 is 1.05 bits per heavy atom. The molecule has 2 aromatic carbocycles. The number of ketones is 1. The second-order valence-electron chi connectivity index (χ2n) is 5.20. The second kappa shape index (κ2) is 7.01. The smallest absolute Gasteiger partial charge is 0.137 e. The highest BCUT2D eigenvalue weighted by atomic mass is 16.1. The molecule has 2 nitrogen and oxygen atoms in total. The van der Waals surface area contributed by atoms with Gasteiger partial charge in [0.15, 0.2) is 0 Å². The van der Waals surface area contributed by atoms with Crippen molar-refractivity contribution in [2.24, 2.45) is 5.73 Å². The van der Waals surface area contributed by atoms with E-state index in [2.05, 4.69) is 0 Å². The lowest BCUT2D eigenvalue weighted by molar-refractivity contribution is -0.118. The third kappa shape index (κ3) is 4.04. The van der Waals surface area contributed by atoms with Gasteiger partial charge in [0.1, 0.15) is 5.78 Å². The number of aryl methyl sites for hydroxylation is 1. The number of rotatable bonds is 6. The second-order valence-corrected chi connectivity index (χ2v) is 5.20. The van der Waals surface area contributed by atoms with Crippen molar-refractivity contribution in [1.29, 1.82) is 0 Å². The van der Waals surface area contributed by atoms with E-state index in [1.807, 2.05) is 61.5 Å². The fraction of sp³-hybridized carbons (Fsp3) is 0.278. The van der Waals surface area contributed by atoms with Gasteiger partial charge in [-0.3, -0.25) is 4.79 Å². The third-order valence-electron chi connectivity index (χ3n) is 3.61. The Hall–Kier alpha value is -1.93. The maximum absolute atomic E-state index is 12.0. The summed E-state index contributed by atoms with van der Waals surface area (Å²) in [6, 6.07) is 17.9. The quantitative estimate of drug-likeness (QED) is 0.869. The van der Waals surface area contributed by atoms with E-state index in [4.69, 9.17) is 5.73 Å². The van der Waals surface area contributed by atoms with Gasteiger partial charge in [-0.15, -0.1) is 0 Å². The topological polar surface area (TPSA) is 43.1 Å². The molecular formula is C18H21NO. The first-order valence-corrected chi connectivity index (χ1v) is 7.03. The Labute approximate surface area is 120 Å². The number of nitrogens with two attached hydrogens (primary N) is 1. The van der Waals surface area contributed by atoms with Crippen molar-refractivity contribution < 1.29 is 4.79 Å². The fourth-order valence-corrected chi connectivity index (χ4v) is 2.29. The van der Waals surface area contributed by atoms with Gasteiger partial charge in [0, 0.05) is 18.9 Å². The van der Waals surface area contributed by atoms with Crippen molar-refractivity contribution in [3.05, 3.63) is 71.3 Å². The molecule has 20 heavy (non-hydrogen) atoms. The molecular weight excluding hydrogens is 246 g/mol. The van der Waals surface area contributed by atoms with Crippen LogP contribution in [0.3, 0.4) is 0 Å². The van der Waals surface area contributed by atoms with Crippen LogP contribution in [0.25, 0.3) is 0 Å². The minimum Gasteiger partial charge on any atom is -0.324 e. The molecule has 0 fully saturated rings. The summed E-state index contributed by atoms with van der Waals surface area (Å²) in [6.07, 6.45) is 1.74. The first-order valence-electron chi connectivity index (χ1n) is 7.03. The van der Waals surface area contributed by atoms with Crippen molar-refractivity contribution >= 4 is 5.78 Å². The molecule has 0 aliphatic heterocycles. The Morgan fingerprint density at radius 3 is 2.40 bits per heavy atom. The largest absolute Gasteiger partial charge is 0.324 e. The maximum atomic E-state index is 12.0. The van der Waals surface area contributed by atoms with Crippen LogP contribution in [0.2, 0.25) is 0 Å². The number of hydrogen-bond acceptors (Lipinski definition) is 2. The molecule has 1 atom stereocenters. The van der Waals surface area contributed by atoms with Gasteiger partial charge in [0.05, 0.1) is 0 Å². The first kappa shape index (κ1) is 14.5. The average molecular weight is 267 g/mol. The van der Waals surface area contributed by atoms with Crippen LogP contribution in [-0.4, -0.2) is 5.78 Å². The molecule has 0 spiro atoms. The van der Waals surface area contributed by atoms with E-state index in [9.17, 15) is 4.79 Å². The normalized spacial score (nSPS) is 12.1. The molecule has 2 heteroatoms. The zero-order valence-corrected chi connectivity index (χ0v) is 11.9. The van der Waals surface area contributed by atoms with Crippen LogP contribution in [-0.2, 0) is 11.2 Å². The van der Waals surface area contributed by atoms with E-state index in [-0.39, 0.29) is 11.8 Å². The van der Waals surface area contributed by atoms with Crippen LogP contribution >= 0.6 is 0 Å². The number of carbonyl (C=O) groups is 1. The van der Waals surface area contributed by atoms with Gasteiger partial charge in [-0.1, -0.05) is 54.6 Å². The Kier molecular flexibility index (Phi) is 5.08. The summed E-state index contributed by atoms with van der Waals surface area (Å²) in [6.45, 7) is 2.04. The van der Waals surface area contributed by atoms with Crippen LogP contribution in [0.1, 0.15) is 35.6 Å². The Morgan fingerprint density at radius 2 is 1.70 bits per heavy atom. The Balaban J connectivity index is 1.85. The van der Waals surface area contributed by atoms with E-state index in [1.54, 1.807) is 0 Å². The summed E-state index contributed by atoms with van der Waals surface area (Å²) in [7, 11) is 0. The zero-order chi connectivity index (χ0) is 14.4. The summed E-state index contributed by atoms with van der Waals surface area (Å²) in [5.41, 5.74) is 9.50. The Bertz CT molecular complexity index is 563. The molecule has 0 saturated carbocycles. The lowest BCUT2D eigenvalue weighted by Gasteiger charge is -2.11. The minimum atomic E-state index is -0.0583. The lowest BCUT2D eigenvalue weighted by atomic mass is 9.97. The molecule has 2 aromatic rings. The maximum Gasteiger partial charge on any atom is 0.137 e. The SMILES string of the molecule is Cc1ccccc1CC(=O)CCC(N)c1ccccc1. The van der Waals surface area contributed by atoms with Gasteiger partial charge < -0.3 is 5.73 Å². The van der Waals surface area contributed by atoms with Gasteiger partial charge >= 0.3 is 0 Å². The van der Waals surface area contributed by atoms with E-state index in [0.717, 1.165) is 11.1 Å². The number of carbonyl (C=O) groups excluding carboxylic acids is 1. The lowest BCUT2D eigenvalue weighted by Crippen LogP contribution is -2.13. The van der Waals surface area contributed by atoms with Crippen molar-refractivity contribution in [1.82, 2.24) is 0 Å². The monoisotopic (exact) mass is 267 g/mol. The summed E-state index contributed by atoms with van der Waals surface area (Å²) >= 11 is 0. The van der Waals surface area contributed by atoms with E-state index >= 15 is 0 Å². The van der Waals surface area contributed by atoms with Crippen LogP contribution in [0, 0.1) is 6.92 Å². The van der Waals surface area contributed by atoms with Crippen LogP contribution in [0.5, 0.6) is 0 Å². The molecule has 0 saturated heterocycles. The minimum absolute atomic E-state index is 0.0583. The predicted molar refractivity (Wildman–Crippen MR) is 82.5 cm³/mol. The fourth-order valence-electron chi connectivity index (χ4n) is 2.29. The molecule has 0 aliphatic rings. The molecule has 1 unspecified atom stereocenters. The van der Waals surface area contributed by atoms with Gasteiger partial charge in [0.2, 0.25) is 0 Å². The molecule has 2 rings (SSSR count). The highest BCUT2D eigenvalue weighted by Gasteiger charge is 2.10. The highest BCUT2D eigenvalue weighted by molar-refractivity contribution is 5.81. The summed E-state index contributed by atoms with van der Waals surface area (Å²) in [5.74, 6) is 0.255. The number of Topliss-reactive ketones (excluding diaryl/α,β-unsaturated/α-hetero) is 1. The van der Waals surface area contributed by atoms with Crippen molar-refractivity contribution in [3.8, 4) is 0 Å². The molecule has 0 heterocycles. The van der Waals surface area contributed by atoms with Gasteiger partial charge in [-0.2, -0.15) is 0 Å². The summed E-state index contributed by atoms with van der Waals surface area (Å²) in [4.78, 5) is 12.0. The first-order chi connectivity index (χ1) is 9.66. The van der Waals surface area contributed by atoms with E-state index in [1.165, 1.54) is 5.56 Å². The molecule has 0 amide bonds. The molecule has 0 aromatic heterocycles. The van der Waals surface area contributed by atoms with Crippen LogP contribution in [0.4, 0.5) is 0 Å². The highest BCUT2D eigenvalue weighted by Crippen LogP contribution is 2.16. The summed E-state index contributed by atoms with van der Waals surface area (Å²) in [5, 5.41) is 0. The summed E-state index contributed by atoms with van der Waals surface area (Å²) < 4.78 is 0. The number of benzene rings is 2. The zero-order valence-electron chi connectivity index (χ0n) is 11.9. The predicted octanol–water partition coefficient (Wildman–Crippen LogP) is 3.59. The van der Waals surface area contributed by atoms with E-state index < -0.39 is 0 Å². The van der Waals surface area contributed by atoms with Gasteiger partial charge in [-0.25, -0.2) is 0 Å². The molecule has 104 valence electrons. The van der Waals surface area contributed by atoms with Crippen molar-refractivity contribution in [2.45, 2.75) is 32.2 Å². The molecule has 0 aliphatic carbocycles. The van der Waals surface area contributed by atoms with Crippen LogP contribution in [0.15, 0.2) is 54.6 Å². The molecule has 0 radical (unpaired) electrons. The van der Waals surface area contributed by atoms with Gasteiger partial charge in [-0.05, 0) is 30.0 Å². The van der Waals surface area contributed by atoms with Crippen LogP contribution < -0.4 is 5.73 Å². The van der Waals surface area contributed by atoms with E-state index in [0.29, 0.717) is 19.3 Å². The number of hydrogen-bond donors (Lipinski definition) is 1. The molecule has 0 bridgehead atoms. The molecule has 2 N–H and O–H groups in total. The van der Waals surface area contributed by atoms with Crippen molar-refractivity contribution in [2.75, 3.05) is 0 Å². The standard InChI is InChI=1S/C18H21NO/c1-14-7-5-6-10-16(14)13-17(20)11-12-18(19)15-8-3-2-4-9-15/h2-10,18H,11-13,19H2,1H3. The average Bonchev–Trinajstić information content (AvgIpc) is 2.48. The third-order valence-corrected chi connectivity index (χ3v) is 3.61.